The summed E-state index contributed by atoms with van der Waals surface area (Å²) < 4.78 is 0. The Labute approximate surface area is 218 Å². The van der Waals surface area contributed by atoms with Crippen LogP contribution in [0.1, 0.15) is 129 Å². The van der Waals surface area contributed by atoms with Crippen molar-refractivity contribution in [3.05, 3.63) is 0 Å². The molecular formula is C34H53P. The van der Waals surface area contributed by atoms with E-state index in [9.17, 15) is 0 Å². The third kappa shape index (κ3) is 2.72. The van der Waals surface area contributed by atoms with Gasteiger partial charge in [-0.05, 0) is 196 Å². The lowest BCUT2D eigenvalue weighted by Gasteiger charge is -2.83. The average Bonchev–Trinajstić information content (AvgIpc) is 2.76. The molecule has 12 fully saturated rings. The molecule has 0 aromatic heterocycles. The molecule has 3 atom stereocenters. The lowest BCUT2D eigenvalue weighted by atomic mass is 9.24. The fourth-order valence-corrected chi connectivity index (χ4v) is 19.3. The lowest BCUT2D eigenvalue weighted by molar-refractivity contribution is -0.303. The van der Waals surface area contributed by atoms with Gasteiger partial charge in [0.1, 0.15) is 0 Å². The van der Waals surface area contributed by atoms with Crippen LogP contribution in [-0.4, -0.2) is 11.3 Å². The smallest absolute Gasteiger partial charge is 0.00470 e. The van der Waals surface area contributed by atoms with Crippen molar-refractivity contribution in [1.82, 2.24) is 0 Å². The minimum atomic E-state index is 0.776. The second kappa shape index (κ2) is 7.33. The van der Waals surface area contributed by atoms with Crippen LogP contribution in [-0.2, 0) is 0 Å². The number of hydrogen-bond donors (Lipinski definition) is 0. The van der Waals surface area contributed by atoms with E-state index < -0.39 is 0 Å². The minimum Gasteiger partial charge on any atom is -0.115 e. The Kier molecular flexibility index (Phi) is 4.67. The molecule has 0 radical (unpaired) electrons. The molecule has 0 amide bonds. The molecule has 12 bridgehead atoms. The Morgan fingerprint density at radius 2 is 0.886 bits per heavy atom. The fourth-order valence-electron chi connectivity index (χ4n) is 16.5. The normalized spacial score (nSPS) is 63.2. The van der Waals surface area contributed by atoms with Crippen LogP contribution in [0.15, 0.2) is 0 Å². The molecule has 12 saturated carbocycles. The van der Waals surface area contributed by atoms with Crippen LogP contribution in [0.3, 0.4) is 0 Å². The summed E-state index contributed by atoms with van der Waals surface area (Å²) in [5.41, 5.74) is 2.34. The van der Waals surface area contributed by atoms with Crippen LogP contribution in [0.2, 0.25) is 0 Å². The third-order valence-electron chi connectivity index (χ3n) is 15.3. The zero-order valence-corrected chi connectivity index (χ0v) is 23.8. The van der Waals surface area contributed by atoms with Crippen molar-refractivity contribution in [2.75, 3.05) is 6.16 Å². The van der Waals surface area contributed by atoms with E-state index in [0.29, 0.717) is 0 Å². The zero-order chi connectivity index (χ0) is 23.0. The average molecular weight is 493 g/mol. The summed E-state index contributed by atoms with van der Waals surface area (Å²) in [5.74, 6) is 10.3. The third-order valence-corrected chi connectivity index (χ3v) is 17.4. The Morgan fingerprint density at radius 1 is 0.514 bits per heavy atom. The maximum absolute atomic E-state index is 2.47. The highest BCUT2D eigenvalue weighted by atomic mass is 31.1. The van der Waals surface area contributed by atoms with E-state index in [1.165, 1.54) is 21.4 Å². The van der Waals surface area contributed by atoms with Gasteiger partial charge in [-0.3, -0.25) is 0 Å². The van der Waals surface area contributed by atoms with E-state index >= 15 is 0 Å². The molecule has 0 nitrogen and oxygen atoms in total. The van der Waals surface area contributed by atoms with Crippen LogP contribution in [0.25, 0.3) is 0 Å². The molecule has 0 aromatic carbocycles. The standard InChI is InChI=1S/C34H53P/c1-2-3-4-35-33-20-28-11-29(21-33)13-30(12-28)34(33,31-14-22-5-23(15-31)7-24(6-22)16-31)32-17-25-8-26(18-32)10-27(9-25)19-32/h22-30,35H,2-21H2,1H3. The van der Waals surface area contributed by atoms with Gasteiger partial charge in [0.25, 0.3) is 0 Å². The van der Waals surface area contributed by atoms with Crippen LogP contribution < -0.4 is 0 Å². The molecule has 12 aliphatic rings. The van der Waals surface area contributed by atoms with Crippen molar-refractivity contribution in [3.63, 3.8) is 0 Å². The van der Waals surface area contributed by atoms with E-state index in [0.717, 1.165) is 74.7 Å². The van der Waals surface area contributed by atoms with E-state index in [4.69, 9.17) is 0 Å². The van der Waals surface area contributed by atoms with Gasteiger partial charge in [-0.15, -0.1) is 8.58 Å². The van der Waals surface area contributed by atoms with E-state index in [1.807, 2.05) is 0 Å². The maximum atomic E-state index is 2.47. The quantitative estimate of drug-likeness (QED) is 0.256. The second-order valence-corrected chi connectivity index (χ2v) is 18.9. The summed E-state index contributed by atoms with van der Waals surface area (Å²) in [6, 6.07) is 0. The molecule has 35 heavy (non-hydrogen) atoms. The summed E-state index contributed by atoms with van der Waals surface area (Å²) in [5, 5.41) is 0.786. The number of unbranched alkanes of at least 4 members (excludes halogenated alkanes) is 1. The monoisotopic (exact) mass is 492 g/mol. The molecule has 0 N–H and O–H groups in total. The van der Waals surface area contributed by atoms with Crippen LogP contribution in [0.4, 0.5) is 0 Å². The highest BCUT2D eigenvalue weighted by Gasteiger charge is 2.80. The summed E-state index contributed by atoms with van der Waals surface area (Å²) in [6.07, 6.45) is 33.2. The molecule has 12 aliphatic carbocycles. The van der Waals surface area contributed by atoms with E-state index in [-0.39, 0.29) is 0 Å². The highest BCUT2D eigenvalue weighted by Crippen LogP contribution is 2.87. The first kappa shape index (κ1) is 22.3. The first-order valence-electron chi connectivity index (χ1n) is 16.8. The molecule has 12 rings (SSSR count). The van der Waals surface area contributed by atoms with Gasteiger partial charge in [0.15, 0.2) is 0 Å². The first-order chi connectivity index (χ1) is 17.0. The van der Waals surface area contributed by atoms with Crippen molar-refractivity contribution >= 4 is 8.58 Å². The van der Waals surface area contributed by atoms with Gasteiger partial charge in [0, 0.05) is 0 Å². The van der Waals surface area contributed by atoms with Crippen molar-refractivity contribution < 1.29 is 0 Å². The molecule has 194 valence electrons. The Hall–Kier alpha value is 0.430. The predicted octanol–water partition coefficient (Wildman–Crippen LogP) is 9.46. The van der Waals surface area contributed by atoms with Crippen molar-refractivity contribution in [2.24, 2.45) is 69.5 Å². The Balaban J connectivity index is 1.27. The first-order valence-corrected chi connectivity index (χ1v) is 18.0. The highest BCUT2D eigenvalue weighted by molar-refractivity contribution is 7.40. The molecule has 0 aliphatic heterocycles. The van der Waals surface area contributed by atoms with Gasteiger partial charge < -0.3 is 0 Å². The number of hydrogen-bond acceptors (Lipinski definition) is 0. The fraction of sp³-hybridized carbons (Fsp3) is 1.00. The van der Waals surface area contributed by atoms with Crippen LogP contribution in [0, 0.1) is 69.5 Å². The molecular weight excluding hydrogens is 439 g/mol. The predicted molar refractivity (Wildman–Crippen MR) is 148 cm³/mol. The van der Waals surface area contributed by atoms with Crippen LogP contribution >= 0.6 is 8.58 Å². The van der Waals surface area contributed by atoms with E-state index in [2.05, 4.69) is 6.92 Å². The maximum Gasteiger partial charge on any atom is -0.00470 e. The molecule has 0 saturated heterocycles. The summed E-state index contributed by atoms with van der Waals surface area (Å²) in [6.45, 7) is 2.47. The number of rotatable bonds is 6. The van der Waals surface area contributed by atoms with Gasteiger partial charge in [-0.25, -0.2) is 0 Å². The van der Waals surface area contributed by atoms with Crippen molar-refractivity contribution in [1.29, 1.82) is 0 Å². The van der Waals surface area contributed by atoms with Crippen molar-refractivity contribution in [3.8, 4) is 0 Å². The van der Waals surface area contributed by atoms with Gasteiger partial charge >= 0.3 is 0 Å². The Bertz CT molecular complexity index is 754. The lowest BCUT2D eigenvalue weighted by Crippen LogP contribution is -2.77. The topological polar surface area (TPSA) is 0 Å². The summed E-state index contributed by atoms with van der Waals surface area (Å²) in [7, 11) is 1.33. The second-order valence-electron chi connectivity index (χ2n) is 17.1. The molecule has 0 spiro atoms. The zero-order valence-electron chi connectivity index (χ0n) is 22.8. The van der Waals surface area contributed by atoms with Gasteiger partial charge in [0.2, 0.25) is 0 Å². The van der Waals surface area contributed by atoms with Gasteiger partial charge in [-0.2, -0.15) is 0 Å². The summed E-state index contributed by atoms with van der Waals surface area (Å²) in [4.78, 5) is 0. The van der Waals surface area contributed by atoms with Crippen LogP contribution in [0.5, 0.6) is 0 Å². The van der Waals surface area contributed by atoms with Gasteiger partial charge in [0.05, 0.1) is 0 Å². The van der Waals surface area contributed by atoms with Crippen molar-refractivity contribution in [2.45, 2.75) is 134 Å². The molecule has 0 aromatic rings. The largest absolute Gasteiger partial charge is 0.115 e. The Morgan fingerprint density at radius 3 is 1.26 bits per heavy atom. The van der Waals surface area contributed by atoms with Gasteiger partial charge in [-0.1, -0.05) is 13.3 Å². The minimum absolute atomic E-state index is 0.776. The molecule has 1 heteroatoms. The molecule has 0 heterocycles. The SMILES string of the molecule is CCCCPC12CC3CC(CC(C3)C1(C13CC4CC(CC(C4)C1)C3)C13CC4CC(CC(C4)C1)C3)C2. The van der Waals surface area contributed by atoms with E-state index in [1.54, 1.807) is 115 Å². The summed E-state index contributed by atoms with van der Waals surface area (Å²) >= 11 is 0. The molecule has 3 unspecified atom stereocenters.